The molecule has 0 aliphatic carbocycles. The van der Waals surface area contributed by atoms with Gasteiger partial charge in [-0.05, 0) is 34.7 Å². The average Bonchev–Trinajstić information content (AvgIpc) is 3.24. The van der Waals surface area contributed by atoms with Crippen molar-refractivity contribution in [3.8, 4) is 0 Å². The molecule has 2 rings (SSSR count). The number of aromatic nitrogens is 8. The van der Waals surface area contributed by atoms with Gasteiger partial charge in [0.2, 0.25) is 10.3 Å². The summed E-state index contributed by atoms with van der Waals surface area (Å²) in [4.78, 5) is 0. The molecule has 0 atom stereocenters. The normalized spacial score (nSPS) is 11.2. The Hall–Kier alpha value is -1.24. The molecular weight excluding hydrogens is 352 g/mol. The first-order valence-electron chi connectivity index (χ1n) is 7.78. The van der Waals surface area contributed by atoms with Crippen LogP contribution in [0.4, 0.5) is 0 Å². The summed E-state index contributed by atoms with van der Waals surface area (Å²) in [7, 11) is 0. The topological polar surface area (TPSA) is 106 Å². The van der Waals surface area contributed by atoms with Crippen molar-refractivity contribution >= 4 is 23.5 Å². The summed E-state index contributed by atoms with van der Waals surface area (Å²) in [6, 6.07) is 0. The molecule has 2 aromatic heterocycles. The van der Waals surface area contributed by atoms with Crippen molar-refractivity contribution in [2.45, 2.75) is 37.2 Å². The molecule has 0 aliphatic heterocycles. The first kappa shape index (κ1) is 19.1. The minimum Gasteiger partial charge on any atom is -0.378 e. The number of hydrogen-bond acceptors (Lipinski definition) is 10. The Labute approximate surface area is 149 Å². The van der Waals surface area contributed by atoms with Crippen LogP contribution in [0.5, 0.6) is 0 Å². The van der Waals surface area contributed by atoms with E-state index in [0.717, 1.165) is 34.9 Å². The van der Waals surface area contributed by atoms with Crippen molar-refractivity contribution < 1.29 is 9.47 Å². The molecule has 0 N–H and O–H groups in total. The summed E-state index contributed by atoms with van der Waals surface area (Å²) < 4.78 is 14.6. The number of tetrazole rings is 2. The van der Waals surface area contributed by atoms with E-state index >= 15 is 0 Å². The number of nitrogens with zero attached hydrogens (tertiary/aromatic N) is 8. The number of thioether (sulfide) groups is 2. The lowest BCUT2D eigenvalue weighted by Gasteiger charge is -2.05. The second-order valence-corrected chi connectivity index (χ2v) is 6.60. The summed E-state index contributed by atoms with van der Waals surface area (Å²) in [5, 5.41) is 24.6. The van der Waals surface area contributed by atoms with Gasteiger partial charge in [0.1, 0.15) is 0 Å². The molecular formula is C12H22N8O2S2. The highest BCUT2D eigenvalue weighted by Gasteiger charge is 2.05. The summed E-state index contributed by atoms with van der Waals surface area (Å²) in [5.74, 6) is 1.63. The molecule has 0 radical (unpaired) electrons. The summed E-state index contributed by atoms with van der Waals surface area (Å²) in [6.45, 7) is 8.01. The van der Waals surface area contributed by atoms with Gasteiger partial charge in [0.25, 0.3) is 0 Å². The van der Waals surface area contributed by atoms with Gasteiger partial charge in [-0.2, -0.15) is 0 Å². The number of hydrogen-bond donors (Lipinski definition) is 0. The molecule has 0 saturated carbocycles. The van der Waals surface area contributed by atoms with Crippen molar-refractivity contribution in [1.82, 2.24) is 40.4 Å². The number of ether oxygens (including phenoxy) is 2. The Kier molecular flexibility index (Phi) is 9.02. The maximum Gasteiger partial charge on any atom is 0.209 e. The van der Waals surface area contributed by atoms with Gasteiger partial charge in [-0.15, -0.1) is 10.2 Å². The second kappa shape index (κ2) is 11.3. The van der Waals surface area contributed by atoms with E-state index in [2.05, 4.69) is 31.1 Å². The van der Waals surface area contributed by atoms with E-state index in [1.165, 1.54) is 0 Å². The van der Waals surface area contributed by atoms with Crippen LogP contribution in [0.25, 0.3) is 0 Å². The highest BCUT2D eigenvalue weighted by Crippen LogP contribution is 2.13. The van der Waals surface area contributed by atoms with Gasteiger partial charge in [0.05, 0.1) is 26.4 Å². The largest absolute Gasteiger partial charge is 0.378 e. The highest BCUT2D eigenvalue weighted by atomic mass is 32.2. The summed E-state index contributed by atoms with van der Waals surface area (Å²) >= 11 is 3.18. The molecule has 0 fully saturated rings. The van der Waals surface area contributed by atoms with Crippen molar-refractivity contribution in [2.75, 3.05) is 37.9 Å². The van der Waals surface area contributed by atoms with Crippen LogP contribution in [0.3, 0.4) is 0 Å². The Morgan fingerprint density at radius 2 is 1.21 bits per heavy atom. The van der Waals surface area contributed by atoms with Crippen LogP contribution in [-0.4, -0.2) is 78.3 Å². The van der Waals surface area contributed by atoms with Gasteiger partial charge in [-0.3, -0.25) is 0 Å². The average molecular weight is 374 g/mol. The second-order valence-electron chi connectivity index (χ2n) is 4.48. The molecule has 10 nitrogen and oxygen atoms in total. The minimum absolute atomic E-state index is 0.580. The van der Waals surface area contributed by atoms with Crippen molar-refractivity contribution in [3.63, 3.8) is 0 Å². The SMILES string of the molecule is CCn1nnnc1SCCOCCOCCSc1nnnn1CC. The van der Waals surface area contributed by atoms with Gasteiger partial charge in [0, 0.05) is 24.6 Å². The Bertz CT molecular complexity index is 529. The zero-order valence-electron chi connectivity index (χ0n) is 13.9. The van der Waals surface area contributed by atoms with Crippen LogP contribution in [0.1, 0.15) is 13.8 Å². The molecule has 0 saturated heterocycles. The monoisotopic (exact) mass is 374 g/mol. The van der Waals surface area contributed by atoms with Crippen LogP contribution >= 0.6 is 23.5 Å². The zero-order chi connectivity index (χ0) is 17.0. The molecule has 0 amide bonds. The fourth-order valence-corrected chi connectivity index (χ4v) is 3.29. The number of rotatable bonds is 13. The van der Waals surface area contributed by atoms with E-state index in [4.69, 9.17) is 9.47 Å². The maximum absolute atomic E-state index is 5.53. The molecule has 2 heterocycles. The van der Waals surface area contributed by atoms with E-state index in [9.17, 15) is 0 Å². The molecule has 12 heteroatoms. The molecule has 0 spiro atoms. The quantitative estimate of drug-likeness (QED) is 0.366. The van der Waals surface area contributed by atoms with Gasteiger partial charge >= 0.3 is 0 Å². The van der Waals surface area contributed by atoms with Crippen LogP contribution in [0.2, 0.25) is 0 Å². The third-order valence-corrected chi connectivity index (χ3v) is 4.73. The first-order chi connectivity index (χ1) is 11.8. The first-order valence-corrected chi connectivity index (χ1v) is 9.75. The van der Waals surface area contributed by atoms with E-state index in [1.54, 1.807) is 32.9 Å². The van der Waals surface area contributed by atoms with Crippen LogP contribution in [0.15, 0.2) is 10.3 Å². The van der Waals surface area contributed by atoms with E-state index in [-0.39, 0.29) is 0 Å². The van der Waals surface area contributed by atoms with Crippen molar-refractivity contribution in [3.05, 3.63) is 0 Å². The predicted octanol–water partition coefficient (Wildman–Crippen LogP) is 0.617. The third kappa shape index (κ3) is 6.34. The van der Waals surface area contributed by atoms with Gasteiger partial charge in [0.15, 0.2) is 0 Å². The maximum atomic E-state index is 5.53. The van der Waals surface area contributed by atoms with Gasteiger partial charge in [-0.1, -0.05) is 23.5 Å². The minimum atomic E-state index is 0.580. The predicted molar refractivity (Wildman–Crippen MR) is 90.1 cm³/mol. The molecule has 0 unspecified atom stereocenters. The number of aryl methyl sites for hydroxylation is 2. The Morgan fingerprint density at radius 1 is 0.750 bits per heavy atom. The van der Waals surface area contributed by atoms with Gasteiger partial charge < -0.3 is 9.47 Å². The molecule has 0 bridgehead atoms. The van der Waals surface area contributed by atoms with E-state index in [1.807, 2.05) is 13.8 Å². The van der Waals surface area contributed by atoms with E-state index in [0.29, 0.717) is 26.4 Å². The lowest BCUT2D eigenvalue weighted by Crippen LogP contribution is -2.09. The Morgan fingerprint density at radius 3 is 1.62 bits per heavy atom. The molecule has 2 aromatic rings. The molecule has 0 aromatic carbocycles. The van der Waals surface area contributed by atoms with Crippen LogP contribution in [0, 0.1) is 0 Å². The Balaban J connectivity index is 1.42. The fraction of sp³-hybridized carbons (Fsp3) is 0.833. The highest BCUT2D eigenvalue weighted by molar-refractivity contribution is 7.99. The van der Waals surface area contributed by atoms with Crippen LogP contribution < -0.4 is 0 Å². The lowest BCUT2D eigenvalue weighted by molar-refractivity contribution is 0.0604. The van der Waals surface area contributed by atoms with Crippen molar-refractivity contribution in [2.24, 2.45) is 0 Å². The summed E-state index contributed by atoms with van der Waals surface area (Å²) in [6.07, 6.45) is 0. The van der Waals surface area contributed by atoms with E-state index < -0.39 is 0 Å². The third-order valence-electron chi connectivity index (χ3n) is 2.89. The smallest absolute Gasteiger partial charge is 0.209 e. The zero-order valence-corrected chi connectivity index (χ0v) is 15.5. The van der Waals surface area contributed by atoms with Gasteiger partial charge in [-0.25, -0.2) is 9.36 Å². The van der Waals surface area contributed by atoms with Crippen LogP contribution in [-0.2, 0) is 22.6 Å². The molecule has 24 heavy (non-hydrogen) atoms. The molecule has 0 aliphatic rings. The standard InChI is InChI=1S/C12H22N8O2S2/c1-3-19-11(13-15-17-19)23-9-7-21-5-6-22-8-10-24-12-14-16-18-20(12)4-2/h3-10H2,1-2H3. The lowest BCUT2D eigenvalue weighted by atomic mass is 10.7. The molecule has 134 valence electrons. The summed E-state index contributed by atoms with van der Waals surface area (Å²) in [5.41, 5.74) is 0. The fourth-order valence-electron chi connectivity index (χ4n) is 1.70. The van der Waals surface area contributed by atoms with Crippen molar-refractivity contribution in [1.29, 1.82) is 0 Å².